The van der Waals surface area contributed by atoms with E-state index < -0.39 is 0 Å². The van der Waals surface area contributed by atoms with Crippen molar-refractivity contribution in [3.63, 3.8) is 0 Å². The van der Waals surface area contributed by atoms with Gasteiger partial charge in [0.1, 0.15) is 10.7 Å². The lowest BCUT2D eigenvalue weighted by Gasteiger charge is -2.09. The highest BCUT2D eigenvalue weighted by Gasteiger charge is 2.19. The van der Waals surface area contributed by atoms with Gasteiger partial charge in [-0.25, -0.2) is 4.98 Å². The van der Waals surface area contributed by atoms with Crippen LogP contribution >= 0.6 is 23.1 Å². The van der Waals surface area contributed by atoms with Crippen LogP contribution < -0.4 is 5.32 Å². The van der Waals surface area contributed by atoms with Crippen molar-refractivity contribution in [2.45, 2.75) is 50.4 Å². The van der Waals surface area contributed by atoms with Gasteiger partial charge in [0.05, 0.1) is 12.0 Å². The molecule has 0 atom stereocenters. The Labute approximate surface area is 201 Å². The number of carbonyl (C=O) groups excluding carboxylic acids is 1. The Balaban J connectivity index is 1.45. The van der Waals surface area contributed by atoms with Gasteiger partial charge in [-0.1, -0.05) is 55.6 Å². The van der Waals surface area contributed by atoms with Crippen LogP contribution in [0.2, 0.25) is 0 Å². The van der Waals surface area contributed by atoms with Crippen LogP contribution in [0, 0.1) is 6.92 Å². The molecule has 0 unspecified atom stereocenters. The molecule has 4 aromatic rings. The van der Waals surface area contributed by atoms with E-state index in [1.165, 1.54) is 41.5 Å². The minimum Gasteiger partial charge on any atom is -0.461 e. The Hall–Kier alpha value is -2.91. The number of rotatable bonds is 11. The normalized spacial score (nSPS) is 11.1. The number of hydrogen-bond acceptors (Lipinski definition) is 7. The van der Waals surface area contributed by atoms with E-state index in [1.54, 1.807) is 6.26 Å². The van der Waals surface area contributed by atoms with Gasteiger partial charge in [-0.3, -0.25) is 9.36 Å². The van der Waals surface area contributed by atoms with Crippen LogP contribution in [-0.4, -0.2) is 32.2 Å². The number of thiazole rings is 1. The highest BCUT2D eigenvalue weighted by Crippen LogP contribution is 2.30. The van der Waals surface area contributed by atoms with Gasteiger partial charge in [0.25, 0.3) is 5.91 Å². The molecule has 1 amide bonds. The lowest BCUT2D eigenvalue weighted by Crippen LogP contribution is -2.24. The molecule has 3 heterocycles. The van der Waals surface area contributed by atoms with E-state index in [0.717, 1.165) is 28.7 Å². The predicted octanol–water partition coefficient (Wildman–Crippen LogP) is 5.89. The number of aromatic nitrogens is 4. The molecule has 0 bridgehead atoms. The Bertz CT molecular complexity index is 1170. The van der Waals surface area contributed by atoms with E-state index in [2.05, 4.69) is 46.5 Å². The van der Waals surface area contributed by atoms with Crippen LogP contribution in [0.4, 0.5) is 0 Å². The second-order valence-corrected chi connectivity index (χ2v) is 9.57. The second-order valence-electron chi connectivity index (χ2n) is 7.69. The molecular formula is C24H27N5O2S2. The van der Waals surface area contributed by atoms with Crippen LogP contribution in [0.1, 0.15) is 53.7 Å². The Morgan fingerprint density at radius 3 is 2.76 bits per heavy atom. The van der Waals surface area contributed by atoms with Crippen molar-refractivity contribution in [1.82, 2.24) is 25.1 Å². The minimum atomic E-state index is -0.109. The van der Waals surface area contributed by atoms with Gasteiger partial charge in [-0.05, 0) is 37.6 Å². The molecule has 0 aliphatic rings. The average Bonchev–Trinajstić information content (AvgIpc) is 3.58. The summed E-state index contributed by atoms with van der Waals surface area (Å²) in [6.07, 6.45) is 6.14. The van der Waals surface area contributed by atoms with Gasteiger partial charge in [0, 0.05) is 17.6 Å². The molecule has 0 spiro atoms. The molecule has 4 rings (SSSR count). The molecule has 1 aromatic carbocycles. The average molecular weight is 482 g/mol. The highest BCUT2D eigenvalue weighted by molar-refractivity contribution is 7.98. The number of unbranched alkanes of at least 4 members (excludes halogenated alkanes) is 3. The molecule has 0 aliphatic heterocycles. The van der Waals surface area contributed by atoms with Crippen molar-refractivity contribution in [3.8, 4) is 17.3 Å². The molecule has 7 nitrogen and oxygen atoms in total. The van der Waals surface area contributed by atoms with Gasteiger partial charge in [0.15, 0.2) is 10.9 Å². The van der Waals surface area contributed by atoms with Gasteiger partial charge >= 0.3 is 0 Å². The molecule has 0 fully saturated rings. The number of nitrogens with one attached hydrogen (secondary N) is 1. The summed E-state index contributed by atoms with van der Waals surface area (Å²) < 4.78 is 7.56. The summed E-state index contributed by atoms with van der Waals surface area (Å²) in [5.74, 6) is 1.79. The minimum absolute atomic E-state index is 0.109. The molecule has 33 heavy (non-hydrogen) atoms. The zero-order chi connectivity index (χ0) is 23.0. The lowest BCUT2D eigenvalue weighted by atomic mass is 10.2. The molecule has 3 aromatic heterocycles. The molecule has 0 saturated heterocycles. The Kier molecular flexibility index (Phi) is 7.96. The summed E-state index contributed by atoms with van der Waals surface area (Å²) in [7, 11) is 0. The summed E-state index contributed by atoms with van der Waals surface area (Å²) in [5, 5.41) is 15.2. The number of furan rings is 1. The van der Waals surface area contributed by atoms with E-state index in [9.17, 15) is 4.79 Å². The zero-order valence-corrected chi connectivity index (χ0v) is 20.4. The zero-order valence-electron chi connectivity index (χ0n) is 18.8. The third kappa shape index (κ3) is 5.91. The topological polar surface area (TPSA) is 85.8 Å². The number of hydrogen-bond donors (Lipinski definition) is 1. The van der Waals surface area contributed by atoms with E-state index >= 15 is 0 Å². The van der Waals surface area contributed by atoms with Gasteiger partial charge in [-0.2, -0.15) is 0 Å². The fraction of sp³-hybridized carbons (Fsp3) is 0.333. The fourth-order valence-corrected chi connectivity index (χ4v) is 5.05. The summed E-state index contributed by atoms with van der Waals surface area (Å²) >= 11 is 3.02. The molecule has 9 heteroatoms. The smallest absolute Gasteiger partial charge is 0.270 e. The van der Waals surface area contributed by atoms with Gasteiger partial charge in [0.2, 0.25) is 5.82 Å². The van der Waals surface area contributed by atoms with Crippen molar-refractivity contribution in [2.75, 3.05) is 6.54 Å². The molecule has 0 aliphatic carbocycles. The first-order valence-electron chi connectivity index (χ1n) is 11.1. The van der Waals surface area contributed by atoms with Crippen molar-refractivity contribution in [2.24, 2.45) is 0 Å². The first kappa shape index (κ1) is 23.3. The van der Waals surface area contributed by atoms with Crippen molar-refractivity contribution in [1.29, 1.82) is 0 Å². The monoisotopic (exact) mass is 481 g/mol. The maximum absolute atomic E-state index is 12.4. The summed E-state index contributed by atoms with van der Waals surface area (Å²) in [5.41, 5.74) is 2.61. The largest absolute Gasteiger partial charge is 0.461 e. The van der Waals surface area contributed by atoms with Crippen LogP contribution in [0.5, 0.6) is 0 Å². The third-order valence-corrected chi connectivity index (χ3v) is 7.06. The van der Waals surface area contributed by atoms with Crippen molar-refractivity contribution < 1.29 is 9.21 Å². The molecule has 1 N–H and O–H groups in total. The summed E-state index contributed by atoms with van der Waals surface area (Å²) in [4.78, 5) is 16.9. The Morgan fingerprint density at radius 2 is 2.00 bits per heavy atom. The standard InChI is InChI=1S/C24H27N5O2S2/c1-3-4-5-6-13-25-23(30)19-15-32-21(26-19)16-33-24-28-27-22(20-8-7-14-31-20)29(24)18-11-9-17(2)10-12-18/h7-12,14-15H,3-6,13,16H2,1-2H3,(H,25,30). The van der Waals surface area contributed by atoms with Gasteiger partial charge in [-0.15, -0.1) is 21.5 Å². The quantitative estimate of drug-likeness (QED) is 0.212. The van der Waals surface area contributed by atoms with Crippen LogP contribution in [0.3, 0.4) is 0 Å². The first-order chi connectivity index (χ1) is 16.2. The number of aryl methyl sites for hydroxylation is 1. The van der Waals surface area contributed by atoms with E-state index in [0.29, 0.717) is 29.6 Å². The predicted molar refractivity (Wildman–Crippen MR) is 132 cm³/mol. The maximum Gasteiger partial charge on any atom is 0.270 e. The molecule has 172 valence electrons. The number of benzene rings is 1. The van der Waals surface area contributed by atoms with Crippen molar-refractivity contribution >= 4 is 29.0 Å². The number of carbonyl (C=O) groups is 1. The number of nitrogens with zero attached hydrogens (tertiary/aromatic N) is 4. The molecule has 0 saturated carbocycles. The molecular weight excluding hydrogens is 454 g/mol. The lowest BCUT2D eigenvalue weighted by molar-refractivity contribution is 0.0948. The number of amides is 1. The second kappa shape index (κ2) is 11.3. The van der Waals surface area contributed by atoms with Crippen LogP contribution in [-0.2, 0) is 5.75 Å². The SMILES string of the molecule is CCCCCCNC(=O)c1csc(CSc2nnc(-c3ccco3)n2-c2ccc(C)cc2)n1. The first-order valence-corrected chi connectivity index (χ1v) is 12.9. The fourth-order valence-electron chi connectivity index (χ4n) is 3.31. The highest BCUT2D eigenvalue weighted by atomic mass is 32.2. The third-order valence-electron chi connectivity index (χ3n) is 5.09. The maximum atomic E-state index is 12.4. The van der Waals surface area contributed by atoms with Gasteiger partial charge < -0.3 is 9.73 Å². The van der Waals surface area contributed by atoms with E-state index in [4.69, 9.17) is 4.42 Å². The molecule has 0 radical (unpaired) electrons. The number of thioether (sulfide) groups is 1. The van der Waals surface area contributed by atoms with Crippen LogP contribution in [0.25, 0.3) is 17.3 Å². The summed E-state index contributed by atoms with van der Waals surface area (Å²) in [6.45, 7) is 4.92. The summed E-state index contributed by atoms with van der Waals surface area (Å²) in [6, 6.07) is 11.9. The van der Waals surface area contributed by atoms with E-state index in [1.807, 2.05) is 34.2 Å². The van der Waals surface area contributed by atoms with Crippen LogP contribution in [0.15, 0.2) is 57.6 Å². The Morgan fingerprint density at radius 1 is 1.15 bits per heavy atom. The van der Waals surface area contributed by atoms with Crippen molar-refractivity contribution in [3.05, 3.63) is 64.3 Å². The van der Waals surface area contributed by atoms with E-state index in [-0.39, 0.29) is 5.91 Å².